The summed E-state index contributed by atoms with van der Waals surface area (Å²) in [5.74, 6) is -1.27. The smallest absolute Gasteiger partial charge is 0.258 e. The number of anilines is 2. The van der Waals surface area contributed by atoms with Gasteiger partial charge in [-0.1, -0.05) is 48.9 Å². The average Bonchev–Trinajstić information content (AvgIpc) is 2.74. The SMILES string of the molecule is CCC(Sc1cccc(NC(=O)c2ccccc2F)c1)C(=O)Nc1ccccc1Cl. The first kappa shape index (κ1) is 21.9. The fourth-order valence-corrected chi connectivity index (χ4v) is 3.95. The first-order valence-corrected chi connectivity index (χ1v) is 10.6. The number of nitrogens with one attached hydrogen (secondary N) is 2. The van der Waals surface area contributed by atoms with Crippen LogP contribution in [0.25, 0.3) is 0 Å². The first-order chi connectivity index (χ1) is 14.5. The standard InChI is InChI=1S/C23H20ClFN2O2S/c1-2-21(23(29)27-20-13-6-4-11-18(20)24)30-16-9-7-8-15(14-16)26-22(28)17-10-3-5-12-19(17)25/h3-14,21H,2H2,1H3,(H,26,28)(H,27,29). The van der Waals surface area contributed by atoms with Gasteiger partial charge in [0.25, 0.3) is 5.91 Å². The minimum absolute atomic E-state index is 0.0268. The second kappa shape index (κ2) is 10.3. The lowest BCUT2D eigenvalue weighted by Gasteiger charge is -2.16. The second-order valence-electron chi connectivity index (χ2n) is 6.45. The molecule has 30 heavy (non-hydrogen) atoms. The van der Waals surface area contributed by atoms with Crippen LogP contribution in [0.15, 0.2) is 77.7 Å². The molecular weight excluding hydrogens is 423 g/mol. The van der Waals surface area contributed by atoms with Crippen molar-refractivity contribution in [3.8, 4) is 0 Å². The molecule has 0 aliphatic rings. The number of rotatable bonds is 7. The van der Waals surface area contributed by atoms with Crippen LogP contribution in [-0.2, 0) is 4.79 Å². The number of amides is 2. The molecule has 2 N–H and O–H groups in total. The molecule has 7 heteroatoms. The van der Waals surface area contributed by atoms with E-state index in [9.17, 15) is 14.0 Å². The number of para-hydroxylation sites is 1. The quantitative estimate of drug-likeness (QED) is 0.426. The van der Waals surface area contributed by atoms with Crippen LogP contribution in [0.2, 0.25) is 5.02 Å². The summed E-state index contributed by atoms with van der Waals surface area (Å²) in [5.41, 5.74) is 1.06. The number of thioether (sulfide) groups is 1. The Labute approximate surface area is 183 Å². The molecule has 0 radical (unpaired) electrons. The number of hydrogen-bond donors (Lipinski definition) is 2. The van der Waals surface area contributed by atoms with E-state index in [1.165, 1.54) is 30.0 Å². The Morgan fingerprint density at radius 2 is 1.73 bits per heavy atom. The first-order valence-electron chi connectivity index (χ1n) is 9.36. The van der Waals surface area contributed by atoms with E-state index in [1.807, 2.05) is 13.0 Å². The Bertz CT molecular complexity index is 1060. The van der Waals surface area contributed by atoms with Gasteiger partial charge in [0.15, 0.2) is 0 Å². The predicted octanol–water partition coefficient (Wildman–Crippen LogP) is 6.24. The third-order valence-electron chi connectivity index (χ3n) is 4.28. The van der Waals surface area contributed by atoms with Crippen molar-refractivity contribution >= 4 is 46.6 Å². The van der Waals surface area contributed by atoms with Gasteiger partial charge >= 0.3 is 0 Å². The molecule has 0 aliphatic carbocycles. The molecule has 0 saturated carbocycles. The van der Waals surface area contributed by atoms with Crippen LogP contribution in [-0.4, -0.2) is 17.1 Å². The molecular formula is C23H20ClFN2O2S. The zero-order chi connectivity index (χ0) is 21.5. The summed E-state index contributed by atoms with van der Waals surface area (Å²) in [6.07, 6.45) is 0.604. The zero-order valence-corrected chi connectivity index (χ0v) is 17.8. The van der Waals surface area contributed by atoms with Gasteiger partial charge in [0, 0.05) is 10.6 Å². The molecule has 1 unspecified atom stereocenters. The van der Waals surface area contributed by atoms with E-state index < -0.39 is 11.7 Å². The molecule has 2 amide bonds. The molecule has 1 atom stereocenters. The third kappa shape index (κ3) is 5.62. The van der Waals surface area contributed by atoms with Gasteiger partial charge in [-0.2, -0.15) is 0 Å². The van der Waals surface area contributed by atoms with Gasteiger partial charge < -0.3 is 10.6 Å². The molecule has 3 rings (SSSR count). The largest absolute Gasteiger partial charge is 0.324 e. The average molecular weight is 443 g/mol. The van der Waals surface area contributed by atoms with Crippen molar-refractivity contribution in [2.75, 3.05) is 10.6 Å². The summed E-state index contributed by atoms with van der Waals surface area (Å²) >= 11 is 7.50. The highest BCUT2D eigenvalue weighted by Gasteiger charge is 2.19. The van der Waals surface area contributed by atoms with Crippen LogP contribution in [0.3, 0.4) is 0 Å². The van der Waals surface area contributed by atoms with Crippen LogP contribution >= 0.6 is 23.4 Å². The van der Waals surface area contributed by atoms with Gasteiger partial charge in [-0.25, -0.2) is 4.39 Å². The number of carbonyl (C=O) groups excluding carboxylic acids is 2. The summed E-state index contributed by atoms with van der Waals surface area (Å²) in [5, 5.41) is 5.68. The molecule has 0 fully saturated rings. The van der Waals surface area contributed by atoms with Crippen LogP contribution in [0, 0.1) is 5.82 Å². The van der Waals surface area contributed by atoms with Crippen molar-refractivity contribution in [2.24, 2.45) is 0 Å². The number of carbonyl (C=O) groups is 2. The van der Waals surface area contributed by atoms with Crippen LogP contribution in [0.4, 0.5) is 15.8 Å². The van der Waals surface area contributed by atoms with Crippen molar-refractivity contribution in [3.05, 3.63) is 89.2 Å². The second-order valence-corrected chi connectivity index (χ2v) is 8.13. The van der Waals surface area contributed by atoms with Gasteiger partial charge in [-0.05, 0) is 48.9 Å². The van der Waals surface area contributed by atoms with Gasteiger partial charge in [-0.3, -0.25) is 9.59 Å². The Kier molecular flexibility index (Phi) is 7.49. The van der Waals surface area contributed by atoms with E-state index in [0.717, 1.165) is 4.90 Å². The lowest BCUT2D eigenvalue weighted by Crippen LogP contribution is -2.24. The Balaban J connectivity index is 1.68. The molecule has 3 aromatic carbocycles. The highest BCUT2D eigenvalue weighted by Crippen LogP contribution is 2.29. The van der Waals surface area contributed by atoms with Crippen molar-refractivity contribution in [3.63, 3.8) is 0 Å². The Hall–Kier alpha value is -2.83. The van der Waals surface area contributed by atoms with Crippen molar-refractivity contribution < 1.29 is 14.0 Å². The maximum atomic E-state index is 13.8. The highest BCUT2D eigenvalue weighted by molar-refractivity contribution is 8.00. The van der Waals surface area contributed by atoms with E-state index >= 15 is 0 Å². The zero-order valence-electron chi connectivity index (χ0n) is 16.2. The molecule has 4 nitrogen and oxygen atoms in total. The molecule has 0 aromatic heterocycles. The summed E-state index contributed by atoms with van der Waals surface area (Å²) in [7, 11) is 0. The highest BCUT2D eigenvalue weighted by atomic mass is 35.5. The Morgan fingerprint density at radius 1 is 1.00 bits per heavy atom. The number of benzene rings is 3. The summed E-state index contributed by atoms with van der Waals surface area (Å²) < 4.78 is 13.8. The van der Waals surface area contributed by atoms with Gasteiger partial charge in [0.2, 0.25) is 5.91 Å². The molecule has 0 heterocycles. The van der Waals surface area contributed by atoms with E-state index in [4.69, 9.17) is 11.6 Å². The normalized spacial score (nSPS) is 11.6. The summed E-state index contributed by atoms with van der Waals surface area (Å²) in [6, 6.07) is 20.0. The van der Waals surface area contributed by atoms with Crippen molar-refractivity contribution in [1.82, 2.24) is 0 Å². The summed E-state index contributed by atoms with van der Waals surface area (Å²) in [6.45, 7) is 1.92. The molecule has 3 aromatic rings. The molecule has 0 saturated heterocycles. The fourth-order valence-electron chi connectivity index (χ4n) is 2.75. The van der Waals surface area contributed by atoms with E-state index in [0.29, 0.717) is 22.8 Å². The maximum Gasteiger partial charge on any atom is 0.258 e. The van der Waals surface area contributed by atoms with E-state index in [-0.39, 0.29) is 16.7 Å². The molecule has 0 spiro atoms. The molecule has 0 aliphatic heterocycles. The number of hydrogen-bond acceptors (Lipinski definition) is 3. The van der Waals surface area contributed by atoms with Crippen LogP contribution in [0.1, 0.15) is 23.7 Å². The molecule has 0 bridgehead atoms. The number of halogens is 2. The minimum atomic E-state index is -0.581. The third-order valence-corrected chi connectivity index (χ3v) is 5.97. The van der Waals surface area contributed by atoms with Crippen molar-refractivity contribution in [1.29, 1.82) is 0 Å². The minimum Gasteiger partial charge on any atom is -0.324 e. The van der Waals surface area contributed by atoms with E-state index in [2.05, 4.69) is 10.6 Å². The van der Waals surface area contributed by atoms with Gasteiger partial charge in [-0.15, -0.1) is 11.8 Å². The Morgan fingerprint density at radius 3 is 2.47 bits per heavy atom. The lowest BCUT2D eigenvalue weighted by atomic mass is 10.2. The topological polar surface area (TPSA) is 58.2 Å². The monoisotopic (exact) mass is 442 g/mol. The predicted molar refractivity (Wildman–Crippen MR) is 121 cm³/mol. The summed E-state index contributed by atoms with van der Waals surface area (Å²) in [4.78, 5) is 25.8. The van der Waals surface area contributed by atoms with Crippen molar-refractivity contribution in [2.45, 2.75) is 23.5 Å². The van der Waals surface area contributed by atoms with Gasteiger partial charge in [0.1, 0.15) is 5.82 Å². The van der Waals surface area contributed by atoms with Crippen LogP contribution < -0.4 is 10.6 Å². The maximum absolute atomic E-state index is 13.8. The van der Waals surface area contributed by atoms with Crippen LogP contribution in [0.5, 0.6) is 0 Å². The lowest BCUT2D eigenvalue weighted by molar-refractivity contribution is -0.115. The van der Waals surface area contributed by atoms with E-state index in [1.54, 1.807) is 48.5 Å². The van der Waals surface area contributed by atoms with Gasteiger partial charge in [0.05, 0.1) is 21.5 Å². The fraction of sp³-hybridized carbons (Fsp3) is 0.130. The molecule has 154 valence electrons.